The van der Waals surface area contributed by atoms with Gasteiger partial charge in [-0.05, 0) is 37.5 Å². The highest BCUT2D eigenvalue weighted by atomic mass is 16.5. The normalized spacial score (nSPS) is 22.5. The lowest BCUT2D eigenvalue weighted by atomic mass is 10.0. The molecule has 2 aliphatic heterocycles. The number of hydrogen-bond donors (Lipinski definition) is 0. The van der Waals surface area contributed by atoms with Crippen molar-refractivity contribution in [1.29, 1.82) is 0 Å². The van der Waals surface area contributed by atoms with Crippen molar-refractivity contribution in [1.82, 2.24) is 15.0 Å². The SMILES string of the molecule is CC(C)CC(=O)N1CCC(CCc2noc(C3CCOCC3)n2)C1. The maximum atomic E-state index is 12.1. The summed E-state index contributed by atoms with van der Waals surface area (Å²) in [7, 11) is 0. The van der Waals surface area contributed by atoms with Gasteiger partial charge in [-0.15, -0.1) is 0 Å². The first-order valence-electron chi connectivity index (χ1n) is 9.30. The maximum absolute atomic E-state index is 12.1. The Balaban J connectivity index is 1.43. The van der Waals surface area contributed by atoms with Crippen molar-refractivity contribution in [3.8, 4) is 0 Å². The van der Waals surface area contributed by atoms with Gasteiger partial charge in [-0.25, -0.2) is 0 Å². The molecule has 0 N–H and O–H groups in total. The minimum Gasteiger partial charge on any atom is -0.381 e. The van der Waals surface area contributed by atoms with Crippen molar-refractivity contribution >= 4 is 5.91 Å². The summed E-state index contributed by atoms with van der Waals surface area (Å²) in [6, 6.07) is 0. The van der Waals surface area contributed by atoms with E-state index in [1.165, 1.54) is 0 Å². The molecule has 24 heavy (non-hydrogen) atoms. The molecule has 1 unspecified atom stereocenters. The summed E-state index contributed by atoms with van der Waals surface area (Å²) in [6.45, 7) is 7.54. The van der Waals surface area contributed by atoms with Gasteiger partial charge in [-0.1, -0.05) is 19.0 Å². The van der Waals surface area contributed by atoms with Crippen molar-refractivity contribution in [2.45, 2.75) is 58.3 Å². The van der Waals surface area contributed by atoms with Crippen molar-refractivity contribution in [3.63, 3.8) is 0 Å². The summed E-state index contributed by atoms with van der Waals surface area (Å²) < 4.78 is 10.8. The second kappa shape index (κ2) is 8.10. The van der Waals surface area contributed by atoms with Gasteiger partial charge in [0, 0.05) is 45.1 Å². The molecule has 0 aromatic carbocycles. The van der Waals surface area contributed by atoms with Gasteiger partial charge in [0.2, 0.25) is 11.8 Å². The minimum absolute atomic E-state index is 0.300. The van der Waals surface area contributed by atoms with Gasteiger partial charge in [0.1, 0.15) is 0 Å². The monoisotopic (exact) mass is 335 g/mol. The second-order valence-electron chi connectivity index (χ2n) is 7.57. The van der Waals surface area contributed by atoms with Crippen LogP contribution in [0.4, 0.5) is 0 Å². The molecule has 1 aromatic heterocycles. The Morgan fingerprint density at radius 1 is 1.29 bits per heavy atom. The Morgan fingerprint density at radius 2 is 2.08 bits per heavy atom. The third-order valence-electron chi connectivity index (χ3n) is 5.05. The van der Waals surface area contributed by atoms with Crippen LogP contribution in [0, 0.1) is 11.8 Å². The van der Waals surface area contributed by atoms with E-state index < -0.39 is 0 Å². The minimum atomic E-state index is 0.300. The van der Waals surface area contributed by atoms with E-state index in [9.17, 15) is 4.79 Å². The van der Waals surface area contributed by atoms with E-state index in [1.54, 1.807) is 0 Å². The van der Waals surface area contributed by atoms with Gasteiger partial charge in [0.05, 0.1) is 0 Å². The molecule has 2 saturated heterocycles. The number of likely N-dealkylation sites (tertiary alicyclic amines) is 1. The summed E-state index contributed by atoms with van der Waals surface area (Å²) in [6.07, 6.45) is 5.55. The third-order valence-corrected chi connectivity index (χ3v) is 5.05. The number of carbonyl (C=O) groups excluding carboxylic acids is 1. The first kappa shape index (κ1) is 17.4. The van der Waals surface area contributed by atoms with E-state index in [0.717, 1.165) is 70.1 Å². The largest absolute Gasteiger partial charge is 0.381 e. The van der Waals surface area contributed by atoms with E-state index in [1.807, 2.05) is 4.90 Å². The zero-order valence-corrected chi connectivity index (χ0v) is 14.9. The first-order valence-corrected chi connectivity index (χ1v) is 9.30. The average molecular weight is 335 g/mol. The fraction of sp³-hybridized carbons (Fsp3) is 0.833. The highest BCUT2D eigenvalue weighted by molar-refractivity contribution is 5.76. The smallest absolute Gasteiger partial charge is 0.229 e. The lowest BCUT2D eigenvalue weighted by molar-refractivity contribution is -0.131. The lowest BCUT2D eigenvalue weighted by Crippen LogP contribution is -2.29. The number of nitrogens with zero attached hydrogens (tertiary/aromatic N) is 3. The summed E-state index contributed by atoms with van der Waals surface area (Å²) in [4.78, 5) is 18.7. The Hall–Kier alpha value is -1.43. The average Bonchev–Trinajstić information content (AvgIpc) is 3.23. The molecule has 0 spiro atoms. The van der Waals surface area contributed by atoms with Gasteiger partial charge in [-0.2, -0.15) is 4.98 Å². The molecule has 6 heteroatoms. The van der Waals surface area contributed by atoms with Crippen LogP contribution in [0.25, 0.3) is 0 Å². The predicted octanol–water partition coefficient (Wildman–Crippen LogP) is 2.79. The van der Waals surface area contributed by atoms with E-state index in [2.05, 4.69) is 24.0 Å². The van der Waals surface area contributed by atoms with E-state index in [0.29, 0.717) is 30.1 Å². The second-order valence-corrected chi connectivity index (χ2v) is 7.57. The van der Waals surface area contributed by atoms with Crippen LogP contribution in [-0.2, 0) is 16.0 Å². The van der Waals surface area contributed by atoms with Crippen LogP contribution in [0.5, 0.6) is 0 Å². The van der Waals surface area contributed by atoms with Gasteiger partial charge in [0.15, 0.2) is 5.82 Å². The van der Waals surface area contributed by atoms with Crippen LogP contribution in [0.3, 0.4) is 0 Å². The molecule has 3 rings (SSSR count). The molecule has 0 radical (unpaired) electrons. The summed E-state index contributed by atoms with van der Waals surface area (Å²) in [5, 5.41) is 4.14. The summed E-state index contributed by atoms with van der Waals surface area (Å²) in [5.41, 5.74) is 0. The highest BCUT2D eigenvalue weighted by Crippen LogP contribution is 2.26. The third kappa shape index (κ3) is 4.56. The number of aryl methyl sites for hydroxylation is 1. The maximum Gasteiger partial charge on any atom is 0.229 e. The number of rotatable bonds is 6. The molecule has 1 atom stereocenters. The molecule has 1 aromatic rings. The topological polar surface area (TPSA) is 68.5 Å². The zero-order valence-electron chi connectivity index (χ0n) is 14.9. The number of ether oxygens (including phenoxy) is 1. The first-order chi connectivity index (χ1) is 11.6. The molecule has 2 aliphatic rings. The van der Waals surface area contributed by atoms with Crippen LogP contribution in [0.1, 0.15) is 63.6 Å². The molecule has 6 nitrogen and oxygen atoms in total. The molecule has 3 heterocycles. The molecular formula is C18H29N3O3. The van der Waals surface area contributed by atoms with Gasteiger partial charge >= 0.3 is 0 Å². The molecule has 134 valence electrons. The Kier molecular flexibility index (Phi) is 5.87. The van der Waals surface area contributed by atoms with E-state index >= 15 is 0 Å². The standard InChI is InChI=1S/C18H29N3O3/c1-13(2)11-17(22)21-8-5-14(12-21)3-4-16-19-18(24-20-16)15-6-9-23-10-7-15/h13-15H,3-12H2,1-2H3. The van der Waals surface area contributed by atoms with Gasteiger partial charge in [0.25, 0.3) is 0 Å². The van der Waals surface area contributed by atoms with E-state index in [-0.39, 0.29) is 0 Å². The van der Waals surface area contributed by atoms with Crippen LogP contribution in [0.15, 0.2) is 4.52 Å². The fourth-order valence-corrected chi connectivity index (χ4v) is 3.59. The fourth-order valence-electron chi connectivity index (χ4n) is 3.59. The van der Waals surface area contributed by atoms with Crippen LogP contribution < -0.4 is 0 Å². The van der Waals surface area contributed by atoms with Gasteiger partial charge < -0.3 is 14.2 Å². The van der Waals surface area contributed by atoms with Crippen LogP contribution >= 0.6 is 0 Å². The molecular weight excluding hydrogens is 306 g/mol. The van der Waals surface area contributed by atoms with E-state index in [4.69, 9.17) is 9.26 Å². The predicted molar refractivity (Wildman–Crippen MR) is 89.6 cm³/mol. The van der Waals surface area contributed by atoms with Crippen molar-refractivity contribution in [2.75, 3.05) is 26.3 Å². The van der Waals surface area contributed by atoms with Crippen molar-refractivity contribution < 1.29 is 14.1 Å². The highest BCUT2D eigenvalue weighted by Gasteiger charge is 2.27. The Bertz CT molecular complexity index is 537. The summed E-state index contributed by atoms with van der Waals surface area (Å²) in [5.74, 6) is 3.23. The number of hydrogen-bond acceptors (Lipinski definition) is 5. The molecule has 0 saturated carbocycles. The number of amides is 1. The van der Waals surface area contributed by atoms with Crippen LogP contribution in [-0.4, -0.2) is 47.3 Å². The summed E-state index contributed by atoms with van der Waals surface area (Å²) >= 11 is 0. The quantitative estimate of drug-likeness (QED) is 0.799. The number of aromatic nitrogens is 2. The molecule has 1 amide bonds. The Labute approximate surface area is 143 Å². The number of carbonyl (C=O) groups is 1. The molecule has 2 fully saturated rings. The van der Waals surface area contributed by atoms with Crippen molar-refractivity contribution in [2.24, 2.45) is 11.8 Å². The van der Waals surface area contributed by atoms with Crippen molar-refractivity contribution in [3.05, 3.63) is 11.7 Å². The zero-order chi connectivity index (χ0) is 16.9. The van der Waals surface area contributed by atoms with Gasteiger partial charge in [-0.3, -0.25) is 4.79 Å². The Morgan fingerprint density at radius 3 is 2.83 bits per heavy atom. The van der Waals surface area contributed by atoms with Crippen LogP contribution in [0.2, 0.25) is 0 Å². The molecule has 0 bridgehead atoms. The lowest BCUT2D eigenvalue weighted by Gasteiger charge is -2.18. The molecule has 0 aliphatic carbocycles.